The Hall–Kier alpha value is -0.660. The van der Waals surface area contributed by atoms with Crippen LogP contribution in [-0.2, 0) is 14.8 Å². The molecular weight excluding hydrogens is 278 g/mol. The number of carbonyl (C=O) groups is 1. The number of nitrogens with one attached hydrogen (secondary N) is 1. The minimum Gasteiger partial charge on any atom is -0.342 e. The highest BCUT2D eigenvalue weighted by Gasteiger charge is 2.25. The molecule has 1 saturated heterocycles. The van der Waals surface area contributed by atoms with Crippen LogP contribution in [0, 0.1) is 5.92 Å². The molecule has 0 saturated carbocycles. The lowest BCUT2D eigenvalue weighted by Gasteiger charge is -2.33. The fourth-order valence-electron chi connectivity index (χ4n) is 2.31. The molecule has 0 radical (unpaired) electrons. The van der Waals surface area contributed by atoms with Gasteiger partial charge in [0.1, 0.15) is 0 Å². The average Bonchev–Trinajstić information content (AvgIpc) is 2.32. The first-order valence-electron chi connectivity index (χ1n) is 7.08. The maximum Gasteiger partial charge on any atom is 0.222 e. The van der Waals surface area contributed by atoms with Gasteiger partial charge >= 0.3 is 0 Å². The van der Waals surface area contributed by atoms with Gasteiger partial charge in [-0.2, -0.15) is 0 Å². The van der Waals surface area contributed by atoms with Crippen molar-refractivity contribution in [1.82, 2.24) is 9.62 Å². The van der Waals surface area contributed by atoms with E-state index in [9.17, 15) is 13.2 Å². The highest BCUT2D eigenvalue weighted by molar-refractivity contribution is 7.88. The van der Waals surface area contributed by atoms with Crippen LogP contribution in [0.25, 0.3) is 0 Å². The molecule has 0 aromatic carbocycles. The lowest BCUT2D eigenvalue weighted by Crippen LogP contribution is -2.44. The zero-order chi connectivity index (χ0) is 15.4. The van der Waals surface area contributed by atoms with Gasteiger partial charge in [-0.3, -0.25) is 4.79 Å². The molecule has 1 amide bonds. The summed E-state index contributed by atoms with van der Waals surface area (Å²) in [7, 11) is -3.16. The van der Waals surface area contributed by atoms with E-state index in [-0.39, 0.29) is 17.4 Å². The fraction of sp³-hybridized carbons (Fsp3) is 0.923. The van der Waals surface area contributed by atoms with Gasteiger partial charge in [0.15, 0.2) is 0 Å². The molecule has 0 aromatic heterocycles. The Morgan fingerprint density at radius 1 is 1.45 bits per heavy atom. The van der Waals surface area contributed by atoms with Crippen LogP contribution in [0.2, 0.25) is 0 Å². The van der Waals surface area contributed by atoms with Crippen LogP contribution >= 0.6 is 0 Å². The summed E-state index contributed by atoms with van der Waals surface area (Å²) in [5.74, 6) is 0.320. The van der Waals surface area contributed by atoms with Crippen molar-refractivity contribution in [1.29, 1.82) is 0 Å². The summed E-state index contributed by atoms with van der Waals surface area (Å²) in [5, 5.41) is 0. The third-order valence-electron chi connectivity index (χ3n) is 3.49. The molecule has 1 aliphatic rings. The predicted molar refractivity (Wildman–Crippen MR) is 79.7 cm³/mol. The highest BCUT2D eigenvalue weighted by Crippen LogP contribution is 2.18. The summed E-state index contributed by atoms with van der Waals surface area (Å²) >= 11 is 0. The molecule has 6 nitrogen and oxygen atoms in total. The van der Waals surface area contributed by atoms with Crippen LogP contribution in [-0.4, -0.2) is 50.7 Å². The molecule has 20 heavy (non-hydrogen) atoms. The van der Waals surface area contributed by atoms with Crippen LogP contribution in [0.15, 0.2) is 0 Å². The first-order chi connectivity index (χ1) is 9.07. The van der Waals surface area contributed by atoms with Crippen molar-refractivity contribution >= 4 is 15.9 Å². The second kappa shape index (κ2) is 6.87. The third-order valence-corrected chi connectivity index (χ3v) is 4.18. The number of hydrogen-bond donors (Lipinski definition) is 2. The van der Waals surface area contributed by atoms with Crippen LogP contribution < -0.4 is 10.5 Å². The van der Waals surface area contributed by atoms with Gasteiger partial charge < -0.3 is 10.6 Å². The van der Waals surface area contributed by atoms with Crippen LogP contribution in [0.3, 0.4) is 0 Å². The normalized spacial score (nSPS) is 21.0. The molecule has 1 atom stereocenters. The van der Waals surface area contributed by atoms with Gasteiger partial charge in [0.05, 0.1) is 6.26 Å². The van der Waals surface area contributed by atoms with E-state index in [1.807, 2.05) is 18.7 Å². The van der Waals surface area contributed by atoms with Crippen LogP contribution in [0.4, 0.5) is 0 Å². The largest absolute Gasteiger partial charge is 0.342 e. The zero-order valence-corrected chi connectivity index (χ0v) is 13.5. The SMILES string of the molecule is CC(C)(N)CCC(=O)N1CCCC(CNS(C)(=O)=O)C1. The minimum atomic E-state index is -3.16. The molecule has 1 unspecified atom stereocenters. The Morgan fingerprint density at radius 3 is 2.65 bits per heavy atom. The van der Waals surface area contributed by atoms with Crippen molar-refractivity contribution in [3.63, 3.8) is 0 Å². The molecule has 0 aliphatic carbocycles. The van der Waals surface area contributed by atoms with E-state index in [0.29, 0.717) is 25.9 Å². The van der Waals surface area contributed by atoms with Gasteiger partial charge in [-0.05, 0) is 39.0 Å². The number of sulfonamides is 1. The number of hydrogen-bond acceptors (Lipinski definition) is 4. The second-order valence-corrected chi connectivity index (χ2v) is 8.29. The number of amides is 1. The Morgan fingerprint density at radius 2 is 2.10 bits per heavy atom. The lowest BCUT2D eigenvalue weighted by molar-refractivity contribution is -0.133. The zero-order valence-electron chi connectivity index (χ0n) is 12.7. The molecule has 0 aromatic rings. The quantitative estimate of drug-likeness (QED) is 0.738. The number of nitrogens with two attached hydrogens (primary N) is 1. The number of rotatable bonds is 6. The van der Waals surface area contributed by atoms with Crippen molar-refractivity contribution < 1.29 is 13.2 Å². The monoisotopic (exact) mass is 305 g/mol. The van der Waals surface area contributed by atoms with Crippen molar-refractivity contribution in [2.24, 2.45) is 11.7 Å². The Labute approximate surface area is 122 Å². The summed E-state index contributed by atoms with van der Waals surface area (Å²) in [4.78, 5) is 14.0. The maximum absolute atomic E-state index is 12.1. The van der Waals surface area contributed by atoms with Crippen molar-refractivity contribution in [2.45, 2.75) is 45.1 Å². The van der Waals surface area contributed by atoms with Crippen molar-refractivity contribution in [3.05, 3.63) is 0 Å². The van der Waals surface area contributed by atoms with Gasteiger partial charge in [0, 0.05) is 31.6 Å². The Kier molecular flexibility index (Phi) is 5.97. The van der Waals surface area contributed by atoms with E-state index in [0.717, 1.165) is 25.6 Å². The molecule has 1 fully saturated rings. The third kappa shape index (κ3) is 7.21. The molecule has 0 spiro atoms. The Balaban J connectivity index is 2.42. The molecule has 3 N–H and O–H groups in total. The molecule has 118 valence electrons. The molecular formula is C13H27N3O3S. The molecule has 1 aliphatic heterocycles. The smallest absolute Gasteiger partial charge is 0.222 e. The topological polar surface area (TPSA) is 92.5 Å². The van der Waals surface area contributed by atoms with Crippen LogP contribution in [0.5, 0.6) is 0 Å². The van der Waals surface area contributed by atoms with Gasteiger partial charge in [-0.25, -0.2) is 13.1 Å². The summed E-state index contributed by atoms with van der Waals surface area (Å²) in [5.41, 5.74) is 5.56. The predicted octanol–water partition coefficient (Wildman–Crippen LogP) is 0.292. The van der Waals surface area contributed by atoms with E-state index in [2.05, 4.69) is 4.72 Å². The molecule has 0 bridgehead atoms. The first kappa shape index (κ1) is 17.4. The van der Waals surface area contributed by atoms with Gasteiger partial charge in [-0.15, -0.1) is 0 Å². The number of piperidine rings is 1. The summed E-state index contributed by atoms with van der Waals surface area (Å²) < 4.78 is 24.7. The standard InChI is InChI=1S/C13H27N3O3S/c1-13(2,14)7-6-12(17)16-8-4-5-11(10-16)9-15-20(3,18)19/h11,15H,4-10,14H2,1-3H3. The number of likely N-dealkylation sites (tertiary alicyclic amines) is 1. The molecule has 1 rings (SSSR count). The van der Waals surface area contributed by atoms with E-state index < -0.39 is 10.0 Å². The first-order valence-corrected chi connectivity index (χ1v) is 8.97. The van der Waals surface area contributed by atoms with Gasteiger partial charge in [-0.1, -0.05) is 0 Å². The van der Waals surface area contributed by atoms with Crippen LogP contribution in [0.1, 0.15) is 39.5 Å². The average molecular weight is 305 g/mol. The minimum absolute atomic E-state index is 0.118. The van der Waals surface area contributed by atoms with Gasteiger partial charge in [0.2, 0.25) is 15.9 Å². The van der Waals surface area contributed by atoms with Gasteiger partial charge in [0.25, 0.3) is 0 Å². The van der Waals surface area contributed by atoms with E-state index in [1.165, 1.54) is 0 Å². The molecule has 1 heterocycles. The number of nitrogens with zero attached hydrogens (tertiary/aromatic N) is 1. The highest BCUT2D eigenvalue weighted by atomic mass is 32.2. The summed E-state index contributed by atoms with van der Waals surface area (Å²) in [6.45, 7) is 5.63. The fourth-order valence-corrected chi connectivity index (χ4v) is 2.85. The number of carbonyl (C=O) groups excluding carboxylic acids is 1. The van der Waals surface area contributed by atoms with E-state index >= 15 is 0 Å². The molecule has 7 heteroatoms. The second-order valence-electron chi connectivity index (χ2n) is 6.46. The lowest BCUT2D eigenvalue weighted by atomic mass is 9.96. The summed E-state index contributed by atoms with van der Waals surface area (Å²) in [6.07, 6.45) is 4.15. The van der Waals surface area contributed by atoms with Crippen molar-refractivity contribution in [3.8, 4) is 0 Å². The maximum atomic E-state index is 12.1. The Bertz CT molecular complexity index is 429. The van der Waals surface area contributed by atoms with E-state index in [4.69, 9.17) is 5.73 Å². The van der Waals surface area contributed by atoms with Crippen molar-refractivity contribution in [2.75, 3.05) is 25.9 Å². The summed E-state index contributed by atoms with van der Waals surface area (Å²) in [6, 6.07) is 0. The van der Waals surface area contributed by atoms with E-state index in [1.54, 1.807) is 0 Å².